The predicted molar refractivity (Wildman–Crippen MR) is 167 cm³/mol. The number of rotatable bonds is 3. The van der Waals surface area contributed by atoms with Gasteiger partial charge in [0.2, 0.25) is 0 Å². The van der Waals surface area contributed by atoms with Gasteiger partial charge in [-0.3, -0.25) is 14.4 Å². The van der Waals surface area contributed by atoms with E-state index in [0.717, 1.165) is 54.4 Å². The van der Waals surface area contributed by atoms with E-state index < -0.39 is 6.04 Å². The fourth-order valence-corrected chi connectivity index (χ4v) is 9.42. The Kier molecular flexibility index (Phi) is 4.93. The van der Waals surface area contributed by atoms with E-state index in [2.05, 4.69) is 111 Å². The zero-order valence-corrected chi connectivity index (χ0v) is 22.5. The molecule has 1 atom stereocenters. The molecule has 4 heterocycles. The topological polar surface area (TPSA) is 43.1 Å². The van der Waals surface area contributed by atoms with Crippen molar-refractivity contribution in [1.82, 2.24) is 19.4 Å². The molecule has 39 heavy (non-hydrogen) atoms. The van der Waals surface area contributed by atoms with Gasteiger partial charge in [0, 0.05) is 40.8 Å². The first-order chi connectivity index (χ1) is 19.2. The van der Waals surface area contributed by atoms with Gasteiger partial charge in [0.25, 0.3) is 0 Å². The highest BCUT2D eigenvalue weighted by molar-refractivity contribution is 8.25. The van der Waals surface area contributed by atoms with Gasteiger partial charge in [0.1, 0.15) is 5.65 Å². The van der Waals surface area contributed by atoms with Crippen molar-refractivity contribution in [3.8, 4) is 0 Å². The van der Waals surface area contributed by atoms with Crippen LogP contribution >= 0.6 is 6.04 Å². The van der Waals surface area contributed by atoms with Gasteiger partial charge in [-0.1, -0.05) is 72.5 Å². The molecule has 0 saturated carbocycles. The number of hydrogen-bond acceptors (Lipinski definition) is 4. The van der Waals surface area contributed by atoms with E-state index in [4.69, 9.17) is 16.8 Å². The lowest BCUT2D eigenvalue weighted by Gasteiger charge is -2.25. The monoisotopic (exact) mass is 536 g/mol. The lowest BCUT2D eigenvalue weighted by Crippen LogP contribution is -2.25. The van der Waals surface area contributed by atoms with E-state index in [-0.39, 0.29) is 0 Å². The Labute approximate surface area is 229 Å². The number of para-hydroxylation sites is 3. The van der Waals surface area contributed by atoms with Crippen molar-refractivity contribution in [2.45, 2.75) is 0 Å². The van der Waals surface area contributed by atoms with Crippen LogP contribution in [0, 0.1) is 0 Å². The van der Waals surface area contributed by atoms with E-state index in [0.29, 0.717) is 0 Å². The van der Waals surface area contributed by atoms with Crippen molar-refractivity contribution in [2.75, 3.05) is 0 Å². The van der Waals surface area contributed by atoms with Crippen molar-refractivity contribution in [3.05, 3.63) is 128 Å². The maximum Gasteiger partial charge on any atom is 0.146 e. The van der Waals surface area contributed by atoms with Gasteiger partial charge in [-0.05, 0) is 69.8 Å². The number of fused-ring (bicyclic) bond motifs is 9. The SMILES string of the molecule is S=P(c1ccncc1)(c1ccc2cccnc2c1)c1ccc2c3ccccc3n3c4ccccc4nc3c2c1. The van der Waals surface area contributed by atoms with E-state index in [9.17, 15) is 0 Å². The first-order valence-corrected chi connectivity index (χ1v) is 15.6. The minimum absolute atomic E-state index is 0.947. The van der Waals surface area contributed by atoms with Gasteiger partial charge < -0.3 is 0 Å². The summed E-state index contributed by atoms with van der Waals surface area (Å²) in [4.78, 5) is 14.1. The van der Waals surface area contributed by atoms with Gasteiger partial charge in [0.05, 0.1) is 22.1 Å². The Morgan fingerprint density at radius 3 is 2.23 bits per heavy atom. The summed E-state index contributed by atoms with van der Waals surface area (Å²) in [7, 11) is 0. The van der Waals surface area contributed by atoms with Gasteiger partial charge in [-0.15, -0.1) is 0 Å². The summed E-state index contributed by atoms with van der Waals surface area (Å²) in [6.07, 6.45) is 5.51. The molecule has 0 amide bonds. The minimum Gasteiger partial charge on any atom is -0.292 e. The van der Waals surface area contributed by atoms with Crippen LogP contribution in [0.25, 0.3) is 49.3 Å². The molecule has 0 saturated heterocycles. The molecular weight excluding hydrogens is 515 g/mol. The quantitative estimate of drug-likeness (QED) is 0.191. The average Bonchev–Trinajstić information content (AvgIpc) is 3.41. The zero-order valence-electron chi connectivity index (χ0n) is 20.8. The van der Waals surface area contributed by atoms with Crippen molar-refractivity contribution in [2.24, 2.45) is 0 Å². The molecule has 0 aliphatic rings. The normalized spacial score (nSPS) is 13.4. The summed E-state index contributed by atoms with van der Waals surface area (Å²) in [6, 6.07) is 35.8. The van der Waals surface area contributed by atoms with Crippen molar-refractivity contribution in [3.63, 3.8) is 0 Å². The molecule has 0 spiro atoms. The highest BCUT2D eigenvalue weighted by Gasteiger charge is 2.26. The highest BCUT2D eigenvalue weighted by atomic mass is 32.4. The molecule has 0 aliphatic heterocycles. The number of pyridine rings is 3. The van der Waals surface area contributed by atoms with Crippen LogP contribution in [0.15, 0.2) is 128 Å². The first kappa shape index (κ1) is 22.5. The highest BCUT2D eigenvalue weighted by Crippen LogP contribution is 2.44. The first-order valence-electron chi connectivity index (χ1n) is 12.8. The summed E-state index contributed by atoms with van der Waals surface area (Å²) in [6.45, 7) is 0. The van der Waals surface area contributed by atoms with Crippen LogP contribution in [0.1, 0.15) is 0 Å². The Balaban J connectivity index is 1.49. The number of imidazole rings is 1. The molecule has 4 aromatic heterocycles. The summed E-state index contributed by atoms with van der Waals surface area (Å²) >= 11 is 6.74. The second-order valence-corrected chi connectivity index (χ2v) is 14.1. The standard InChI is InChI=1S/C33H21N4PS/c39-38(23-15-18-34-19-16-23,25-12-11-22-6-5-17-35-30(22)21-25)24-13-14-26-27-7-1-3-9-31(27)37-32-10-4-2-8-29(32)36-33(37)28(26)20-24/h1-21H. The van der Waals surface area contributed by atoms with Gasteiger partial charge in [0.15, 0.2) is 0 Å². The van der Waals surface area contributed by atoms with Crippen LogP contribution in [-0.2, 0) is 11.8 Å². The minimum atomic E-state index is -2.44. The number of hydrogen-bond donors (Lipinski definition) is 0. The average molecular weight is 537 g/mol. The van der Waals surface area contributed by atoms with E-state index in [1.165, 1.54) is 10.8 Å². The maximum absolute atomic E-state index is 6.74. The molecular formula is C33H21N4PS. The largest absolute Gasteiger partial charge is 0.292 e. The van der Waals surface area contributed by atoms with E-state index in [1.54, 1.807) is 0 Å². The lowest BCUT2D eigenvalue weighted by molar-refractivity contribution is 1.32. The van der Waals surface area contributed by atoms with Crippen LogP contribution in [0.3, 0.4) is 0 Å². The molecule has 184 valence electrons. The van der Waals surface area contributed by atoms with Gasteiger partial charge in [-0.25, -0.2) is 4.98 Å². The van der Waals surface area contributed by atoms with Gasteiger partial charge in [-0.2, -0.15) is 0 Å². The van der Waals surface area contributed by atoms with Crippen LogP contribution in [0.2, 0.25) is 0 Å². The van der Waals surface area contributed by atoms with Crippen molar-refractivity contribution in [1.29, 1.82) is 0 Å². The van der Waals surface area contributed by atoms with Crippen molar-refractivity contribution >= 4 is 83.0 Å². The molecule has 6 heteroatoms. The molecule has 0 fully saturated rings. The molecule has 4 aromatic carbocycles. The Morgan fingerprint density at radius 2 is 1.33 bits per heavy atom. The fourth-order valence-electron chi connectivity index (χ4n) is 5.75. The Morgan fingerprint density at radius 1 is 0.564 bits per heavy atom. The van der Waals surface area contributed by atoms with E-state index >= 15 is 0 Å². The Bertz CT molecular complexity index is 2270. The second kappa shape index (κ2) is 8.54. The molecule has 0 radical (unpaired) electrons. The third-order valence-corrected chi connectivity index (χ3v) is 12.5. The second-order valence-electron chi connectivity index (χ2n) is 9.70. The molecule has 8 rings (SSSR count). The van der Waals surface area contributed by atoms with Crippen LogP contribution < -0.4 is 15.9 Å². The molecule has 1 unspecified atom stereocenters. The third-order valence-electron chi connectivity index (χ3n) is 7.58. The lowest BCUT2D eigenvalue weighted by atomic mass is 10.1. The maximum atomic E-state index is 6.74. The van der Waals surface area contributed by atoms with Crippen LogP contribution in [-0.4, -0.2) is 19.4 Å². The smallest absolute Gasteiger partial charge is 0.146 e. The van der Waals surface area contributed by atoms with Crippen LogP contribution in [0.4, 0.5) is 0 Å². The summed E-state index contributed by atoms with van der Waals surface area (Å²) in [5, 5.41) is 7.91. The predicted octanol–water partition coefficient (Wildman–Crippen LogP) is 6.49. The zero-order chi connectivity index (χ0) is 26.0. The van der Waals surface area contributed by atoms with E-state index in [1.807, 2.05) is 30.7 Å². The third kappa shape index (κ3) is 3.31. The Hall–Kier alpha value is -4.44. The molecule has 8 aromatic rings. The van der Waals surface area contributed by atoms with Crippen molar-refractivity contribution < 1.29 is 0 Å². The number of aromatic nitrogens is 4. The van der Waals surface area contributed by atoms with Gasteiger partial charge >= 0.3 is 0 Å². The molecule has 0 aliphatic carbocycles. The summed E-state index contributed by atoms with van der Waals surface area (Å²) in [5.41, 5.74) is 5.13. The summed E-state index contributed by atoms with van der Waals surface area (Å²) in [5.74, 6) is 0. The fraction of sp³-hybridized carbons (Fsp3) is 0. The number of nitrogens with zero attached hydrogens (tertiary/aromatic N) is 4. The molecule has 0 bridgehead atoms. The molecule has 4 nitrogen and oxygen atoms in total. The summed E-state index contributed by atoms with van der Waals surface area (Å²) < 4.78 is 2.28. The number of benzene rings is 4. The van der Waals surface area contributed by atoms with Crippen LogP contribution in [0.5, 0.6) is 0 Å². The molecule has 0 N–H and O–H groups in total.